The van der Waals surface area contributed by atoms with Crippen LogP contribution < -0.4 is 5.32 Å². The molecule has 2 aliphatic rings. The lowest BCUT2D eigenvalue weighted by Crippen LogP contribution is -2.50. The summed E-state index contributed by atoms with van der Waals surface area (Å²) in [6.07, 6.45) is 7.26. The summed E-state index contributed by atoms with van der Waals surface area (Å²) < 4.78 is 0. The zero-order valence-corrected chi connectivity index (χ0v) is 14.5. The summed E-state index contributed by atoms with van der Waals surface area (Å²) in [6.45, 7) is 2.60. The van der Waals surface area contributed by atoms with Gasteiger partial charge in [0, 0.05) is 6.04 Å². The van der Waals surface area contributed by atoms with Crippen LogP contribution in [0.2, 0.25) is 0 Å². The van der Waals surface area contributed by atoms with Crippen LogP contribution in [-0.2, 0) is 11.2 Å². The molecule has 1 aromatic rings. The van der Waals surface area contributed by atoms with Crippen LogP contribution in [0.25, 0.3) is 0 Å². The molecular weight excluding hydrogens is 300 g/mol. The summed E-state index contributed by atoms with van der Waals surface area (Å²) in [5, 5.41) is 12.9. The third-order valence-electron chi connectivity index (χ3n) is 5.43. The van der Waals surface area contributed by atoms with E-state index in [-0.39, 0.29) is 18.1 Å². The second-order valence-electron chi connectivity index (χ2n) is 7.44. The Kier molecular flexibility index (Phi) is 6.27. The molecule has 0 radical (unpaired) electrons. The predicted octanol–water partition coefficient (Wildman–Crippen LogP) is 2.36. The molecule has 1 atom stereocenters. The molecule has 0 spiro atoms. The molecule has 1 heterocycles. The minimum atomic E-state index is -0.184. The summed E-state index contributed by atoms with van der Waals surface area (Å²) in [6, 6.07) is 10.5. The topological polar surface area (TPSA) is 52.6 Å². The number of hydrogen-bond donors (Lipinski definition) is 2. The Morgan fingerprint density at radius 2 is 1.79 bits per heavy atom. The summed E-state index contributed by atoms with van der Waals surface area (Å²) in [5.41, 5.74) is 1.25. The molecule has 24 heavy (non-hydrogen) atoms. The van der Waals surface area contributed by atoms with Crippen molar-refractivity contribution in [2.45, 2.75) is 57.1 Å². The van der Waals surface area contributed by atoms with Gasteiger partial charge in [-0.3, -0.25) is 9.69 Å². The van der Waals surface area contributed by atoms with Crippen LogP contribution in [0.15, 0.2) is 30.3 Å². The molecule has 4 heteroatoms. The zero-order chi connectivity index (χ0) is 16.8. The maximum atomic E-state index is 12.5. The van der Waals surface area contributed by atoms with Gasteiger partial charge in [0.05, 0.1) is 12.6 Å². The highest BCUT2D eigenvalue weighted by atomic mass is 16.3. The Labute approximate surface area is 145 Å². The number of hydrogen-bond acceptors (Lipinski definition) is 3. The van der Waals surface area contributed by atoms with E-state index in [0.717, 1.165) is 32.4 Å². The number of nitrogens with one attached hydrogen (secondary N) is 1. The van der Waals surface area contributed by atoms with E-state index in [4.69, 9.17) is 0 Å². The molecule has 2 N–H and O–H groups in total. The van der Waals surface area contributed by atoms with Crippen molar-refractivity contribution in [2.75, 3.05) is 19.6 Å². The van der Waals surface area contributed by atoms with Crippen molar-refractivity contribution in [1.29, 1.82) is 0 Å². The number of nitrogens with zero attached hydrogens (tertiary/aromatic N) is 1. The van der Waals surface area contributed by atoms with Crippen LogP contribution >= 0.6 is 0 Å². The quantitative estimate of drug-likeness (QED) is 0.842. The van der Waals surface area contributed by atoms with Gasteiger partial charge in [-0.05, 0) is 56.7 Å². The molecular formula is C20H30N2O2. The largest absolute Gasteiger partial charge is 0.393 e. The smallest absolute Gasteiger partial charge is 0.234 e. The van der Waals surface area contributed by atoms with Crippen LogP contribution in [0.1, 0.15) is 44.1 Å². The summed E-state index contributed by atoms with van der Waals surface area (Å²) >= 11 is 0. The predicted molar refractivity (Wildman–Crippen MR) is 95.7 cm³/mol. The highest BCUT2D eigenvalue weighted by Gasteiger charge is 2.34. The molecule has 3 rings (SSSR count). The van der Waals surface area contributed by atoms with Crippen LogP contribution in [-0.4, -0.2) is 47.7 Å². The van der Waals surface area contributed by atoms with Crippen molar-refractivity contribution in [1.82, 2.24) is 10.2 Å². The molecule has 0 bridgehead atoms. The molecule has 2 fully saturated rings. The van der Waals surface area contributed by atoms with Crippen LogP contribution in [0.5, 0.6) is 0 Å². The number of aliphatic hydroxyl groups is 1. The molecule has 1 aromatic carbocycles. The van der Waals surface area contributed by atoms with Gasteiger partial charge in [0.15, 0.2) is 0 Å². The van der Waals surface area contributed by atoms with Gasteiger partial charge >= 0.3 is 0 Å². The van der Waals surface area contributed by atoms with E-state index in [2.05, 4.69) is 22.3 Å². The van der Waals surface area contributed by atoms with E-state index >= 15 is 0 Å². The summed E-state index contributed by atoms with van der Waals surface area (Å²) in [5.74, 6) is 0.535. The molecule has 1 aliphatic heterocycles. The lowest BCUT2D eigenvalue weighted by Gasteiger charge is -2.38. The summed E-state index contributed by atoms with van der Waals surface area (Å²) in [7, 11) is 0. The van der Waals surface area contributed by atoms with E-state index in [1.807, 2.05) is 18.2 Å². The standard InChI is InChI=1S/C20H30N2O2/c23-18-13-17(14-18)19(12-16-8-4-3-5-9-16)21-20(24)15-22-10-6-1-2-7-11-22/h3-5,8-9,17-19,23H,1-2,6-7,10-15H2,(H,21,24). The van der Waals surface area contributed by atoms with Crippen LogP contribution in [0.3, 0.4) is 0 Å². The van der Waals surface area contributed by atoms with Crippen LogP contribution in [0, 0.1) is 5.92 Å². The Morgan fingerprint density at radius 1 is 1.12 bits per heavy atom. The lowest BCUT2D eigenvalue weighted by molar-refractivity contribution is -0.124. The monoisotopic (exact) mass is 330 g/mol. The highest BCUT2D eigenvalue weighted by molar-refractivity contribution is 5.78. The zero-order valence-electron chi connectivity index (χ0n) is 14.5. The second kappa shape index (κ2) is 8.63. The number of amides is 1. The van der Waals surface area contributed by atoms with Crippen molar-refractivity contribution in [3.8, 4) is 0 Å². The lowest BCUT2D eigenvalue weighted by atomic mass is 9.75. The van der Waals surface area contributed by atoms with Gasteiger partial charge in [-0.15, -0.1) is 0 Å². The molecule has 132 valence electrons. The normalized spacial score (nSPS) is 26.2. The summed E-state index contributed by atoms with van der Waals surface area (Å²) in [4.78, 5) is 14.8. The average molecular weight is 330 g/mol. The molecule has 1 saturated heterocycles. The van der Waals surface area contributed by atoms with E-state index in [1.54, 1.807) is 0 Å². The van der Waals surface area contributed by atoms with E-state index < -0.39 is 0 Å². The molecule has 4 nitrogen and oxygen atoms in total. The Hall–Kier alpha value is -1.39. The first-order chi connectivity index (χ1) is 11.7. The SMILES string of the molecule is O=C(CN1CCCCCC1)NC(Cc1ccccc1)C1CC(O)C1. The first kappa shape index (κ1) is 17.4. The Balaban J connectivity index is 1.55. The van der Waals surface area contributed by atoms with Crippen molar-refractivity contribution in [3.63, 3.8) is 0 Å². The van der Waals surface area contributed by atoms with Gasteiger partial charge in [-0.1, -0.05) is 43.2 Å². The first-order valence-corrected chi connectivity index (χ1v) is 9.44. The number of aliphatic hydroxyl groups excluding tert-OH is 1. The fraction of sp³-hybridized carbons (Fsp3) is 0.650. The van der Waals surface area contributed by atoms with E-state index in [9.17, 15) is 9.90 Å². The fourth-order valence-corrected chi connectivity index (χ4v) is 3.91. The van der Waals surface area contributed by atoms with Crippen molar-refractivity contribution >= 4 is 5.91 Å². The first-order valence-electron chi connectivity index (χ1n) is 9.44. The number of likely N-dealkylation sites (tertiary alicyclic amines) is 1. The third-order valence-corrected chi connectivity index (χ3v) is 5.43. The van der Waals surface area contributed by atoms with Crippen molar-refractivity contribution < 1.29 is 9.90 Å². The van der Waals surface area contributed by atoms with E-state index in [0.29, 0.717) is 12.5 Å². The minimum Gasteiger partial charge on any atom is -0.393 e. The molecule has 1 saturated carbocycles. The third kappa shape index (κ3) is 5.05. The number of rotatable bonds is 6. The second-order valence-corrected chi connectivity index (χ2v) is 7.44. The van der Waals surface area contributed by atoms with Crippen molar-refractivity contribution in [2.24, 2.45) is 5.92 Å². The van der Waals surface area contributed by atoms with Gasteiger partial charge in [-0.25, -0.2) is 0 Å². The number of carbonyl (C=O) groups excluding carboxylic acids is 1. The van der Waals surface area contributed by atoms with Gasteiger partial charge in [0.2, 0.25) is 5.91 Å². The van der Waals surface area contributed by atoms with Gasteiger partial charge in [0.25, 0.3) is 0 Å². The average Bonchev–Trinajstić information content (AvgIpc) is 2.81. The fourth-order valence-electron chi connectivity index (χ4n) is 3.91. The number of benzene rings is 1. The van der Waals surface area contributed by atoms with E-state index in [1.165, 1.54) is 31.2 Å². The molecule has 0 aromatic heterocycles. The van der Waals surface area contributed by atoms with Gasteiger partial charge in [0.1, 0.15) is 0 Å². The maximum Gasteiger partial charge on any atom is 0.234 e. The Morgan fingerprint density at radius 3 is 2.42 bits per heavy atom. The molecule has 1 aliphatic carbocycles. The highest BCUT2D eigenvalue weighted by Crippen LogP contribution is 2.31. The van der Waals surface area contributed by atoms with Crippen LogP contribution in [0.4, 0.5) is 0 Å². The van der Waals surface area contributed by atoms with Crippen molar-refractivity contribution in [3.05, 3.63) is 35.9 Å². The minimum absolute atomic E-state index is 0.135. The molecule has 1 amide bonds. The van der Waals surface area contributed by atoms with Gasteiger partial charge in [-0.2, -0.15) is 0 Å². The van der Waals surface area contributed by atoms with Gasteiger partial charge < -0.3 is 10.4 Å². The maximum absolute atomic E-state index is 12.5. The molecule has 1 unspecified atom stereocenters. The Bertz CT molecular complexity index is 506. The number of carbonyl (C=O) groups is 1.